The number of para-hydroxylation sites is 1. The molecular formula is C39H30N6O6S2. The third-order valence-corrected chi connectivity index (χ3v) is 13.8. The van der Waals surface area contributed by atoms with Gasteiger partial charge in [-0.2, -0.15) is 4.72 Å². The number of anilines is 1. The molecule has 4 aromatic heterocycles. The van der Waals surface area contributed by atoms with E-state index in [1.165, 1.54) is 6.07 Å². The maximum Gasteiger partial charge on any atom is 0.250 e. The molecular weight excluding hydrogens is 713 g/mol. The van der Waals surface area contributed by atoms with Crippen molar-refractivity contribution in [3.63, 3.8) is 0 Å². The number of carbonyl (C=O) groups is 1. The second-order valence-corrected chi connectivity index (χ2v) is 17.1. The quantitative estimate of drug-likeness (QED) is 0.153. The van der Waals surface area contributed by atoms with E-state index in [9.17, 15) is 13.2 Å². The molecule has 4 aliphatic heterocycles. The van der Waals surface area contributed by atoms with E-state index >= 15 is 0 Å². The van der Waals surface area contributed by atoms with Gasteiger partial charge in [-0.1, -0.05) is 62.4 Å². The van der Waals surface area contributed by atoms with E-state index < -0.39 is 39.7 Å². The standard InChI is InChI=1S/C39H30N6O6S2/c1-18(2)31-37-43-33-34(51-37)39-23-8-3-7-21(20-6-4-9-25-30(20)22(16-40-25)28-17-41-36(33)49-28)32(23)44-38(39)50-27-12-11-19(14-24(27)39)15-26(35(46)42-31)45-53(47,48)29-10-5-13-52-29/h3-14,16-18,26,31,38,40,44-45H,15H2,1-2H3,(H,42,46)/t26-,31?,38?,39?/m0/s1. The summed E-state index contributed by atoms with van der Waals surface area (Å²) in [6.07, 6.45) is 3.05. The van der Waals surface area contributed by atoms with Crippen molar-refractivity contribution < 1.29 is 26.8 Å². The van der Waals surface area contributed by atoms with Gasteiger partial charge >= 0.3 is 0 Å². The Morgan fingerprint density at radius 1 is 0.981 bits per heavy atom. The molecule has 53 heavy (non-hydrogen) atoms. The average Bonchev–Trinajstić information content (AvgIpc) is 3.99. The summed E-state index contributed by atoms with van der Waals surface area (Å²) in [5.74, 6) is 1.43. The molecule has 11 rings (SSSR count). The number of thiophene rings is 1. The summed E-state index contributed by atoms with van der Waals surface area (Å²) in [7, 11) is -4.02. The highest BCUT2D eigenvalue weighted by atomic mass is 32.2. The number of hydrogen-bond donors (Lipinski definition) is 4. The molecule has 4 atom stereocenters. The van der Waals surface area contributed by atoms with Gasteiger partial charge in [-0.3, -0.25) is 4.79 Å². The summed E-state index contributed by atoms with van der Waals surface area (Å²) in [5.41, 5.74) is 6.41. The summed E-state index contributed by atoms with van der Waals surface area (Å²) in [4.78, 5) is 27.5. The summed E-state index contributed by atoms with van der Waals surface area (Å²) in [6, 6.07) is 19.4. The highest BCUT2D eigenvalue weighted by molar-refractivity contribution is 7.91. The van der Waals surface area contributed by atoms with E-state index in [1.54, 1.807) is 17.6 Å². The number of carbonyl (C=O) groups excluding carboxylic acids is 1. The Hall–Kier alpha value is -5.70. The minimum atomic E-state index is -4.02. The minimum Gasteiger partial charge on any atom is -0.469 e. The normalized spacial score (nSPS) is 22.1. The van der Waals surface area contributed by atoms with Crippen molar-refractivity contribution in [1.82, 2.24) is 25.0 Å². The van der Waals surface area contributed by atoms with Gasteiger partial charge < -0.3 is 29.2 Å². The van der Waals surface area contributed by atoms with E-state index in [1.807, 2.05) is 56.4 Å². The number of ether oxygens (including phenoxy) is 1. The Morgan fingerprint density at radius 2 is 1.85 bits per heavy atom. The number of aromatic amines is 1. The number of H-pyrrole nitrogens is 1. The molecule has 1 amide bonds. The lowest BCUT2D eigenvalue weighted by atomic mass is 9.72. The van der Waals surface area contributed by atoms with E-state index in [4.69, 9.17) is 23.5 Å². The number of rotatable bonds is 4. The fraction of sp³-hybridized carbons (Fsp3) is 0.205. The highest BCUT2D eigenvalue weighted by Crippen LogP contribution is 2.61. The van der Waals surface area contributed by atoms with Crippen LogP contribution in [0.15, 0.2) is 97.5 Å². The Bertz CT molecular complexity index is 2780. The van der Waals surface area contributed by atoms with Gasteiger partial charge in [-0.25, -0.2) is 18.4 Å². The van der Waals surface area contributed by atoms with Gasteiger partial charge in [0.1, 0.15) is 27.5 Å². The van der Waals surface area contributed by atoms with Crippen molar-refractivity contribution in [3.8, 4) is 39.8 Å². The largest absolute Gasteiger partial charge is 0.469 e. The van der Waals surface area contributed by atoms with Gasteiger partial charge in [0.25, 0.3) is 10.0 Å². The van der Waals surface area contributed by atoms with Crippen LogP contribution in [0.3, 0.4) is 0 Å². The maximum absolute atomic E-state index is 14.2. The number of sulfonamides is 1. The second kappa shape index (κ2) is 10.7. The van der Waals surface area contributed by atoms with Crippen LogP contribution in [0.2, 0.25) is 0 Å². The van der Waals surface area contributed by atoms with Gasteiger partial charge in [-0.15, -0.1) is 11.3 Å². The number of aromatic nitrogens is 3. The zero-order chi connectivity index (χ0) is 35.8. The monoisotopic (exact) mass is 742 g/mol. The fourth-order valence-electron chi connectivity index (χ4n) is 8.50. The van der Waals surface area contributed by atoms with Gasteiger partial charge in [0.2, 0.25) is 17.7 Å². The molecule has 0 fully saturated rings. The molecule has 4 aliphatic rings. The summed E-state index contributed by atoms with van der Waals surface area (Å²) in [5, 5.41) is 9.53. The highest BCUT2D eigenvalue weighted by Gasteiger charge is 2.61. The number of benzene rings is 3. The number of fused-ring (bicyclic) bond motifs is 7. The van der Waals surface area contributed by atoms with Crippen LogP contribution in [0.4, 0.5) is 5.69 Å². The molecule has 12 nitrogen and oxygen atoms in total. The lowest BCUT2D eigenvalue weighted by Crippen LogP contribution is -2.49. The Labute approximate surface area is 306 Å². The smallest absolute Gasteiger partial charge is 0.250 e. The van der Waals surface area contributed by atoms with E-state index in [0.717, 1.165) is 61.3 Å². The molecule has 0 saturated carbocycles. The molecule has 0 saturated heterocycles. The molecule has 3 unspecified atom stereocenters. The first-order valence-corrected chi connectivity index (χ1v) is 19.7. The van der Waals surface area contributed by atoms with Crippen LogP contribution < -0.4 is 20.1 Å². The molecule has 4 N–H and O–H groups in total. The minimum absolute atomic E-state index is 0.0796. The molecule has 1 spiro atoms. The van der Waals surface area contributed by atoms with Crippen molar-refractivity contribution in [2.24, 2.45) is 5.92 Å². The third kappa shape index (κ3) is 4.19. The van der Waals surface area contributed by atoms with Crippen molar-refractivity contribution in [1.29, 1.82) is 0 Å². The lowest BCUT2D eigenvalue weighted by molar-refractivity contribution is -0.124. The summed E-state index contributed by atoms with van der Waals surface area (Å²) in [6.45, 7) is 3.90. The van der Waals surface area contributed by atoms with Crippen LogP contribution in [0.1, 0.15) is 48.2 Å². The summed E-state index contributed by atoms with van der Waals surface area (Å²) >= 11 is 1.09. The first-order valence-electron chi connectivity index (χ1n) is 17.4. The number of hydrogen-bond acceptors (Lipinski definition) is 10. The van der Waals surface area contributed by atoms with Crippen molar-refractivity contribution in [2.75, 3.05) is 5.32 Å². The second-order valence-electron chi connectivity index (χ2n) is 14.2. The molecule has 7 aromatic rings. The zero-order valence-electron chi connectivity index (χ0n) is 28.3. The van der Waals surface area contributed by atoms with Crippen LogP contribution in [-0.2, 0) is 26.7 Å². The van der Waals surface area contributed by atoms with Gasteiger partial charge in [0, 0.05) is 45.0 Å². The van der Waals surface area contributed by atoms with E-state index in [0.29, 0.717) is 23.0 Å². The van der Waals surface area contributed by atoms with Crippen molar-refractivity contribution >= 4 is 43.9 Å². The van der Waals surface area contributed by atoms with Crippen LogP contribution in [0.25, 0.3) is 44.9 Å². The molecule has 8 heterocycles. The maximum atomic E-state index is 14.2. The first-order chi connectivity index (χ1) is 25.7. The van der Waals surface area contributed by atoms with Gasteiger partial charge in [0.15, 0.2) is 23.4 Å². The number of oxazole rings is 2. The Balaban J connectivity index is 1.21. The molecule has 14 heteroatoms. The molecule has 3 aromatic carbocycles. The van der Waals surface area contributed by atoms with Crippen LogP contribution in [0, 0.1) is 5.92 Å². The predicted molar refractivity (Wildman–Crippen MR) is 197 cm³/mol. The Kier molecular flexibility index (Phi) is 6.23. The van der Waals surface area contributed by atoms with Crippen LogP contribution >= 0.6 is 11.3 Å². The Morgan fingerprint density at radius 3 is 2.70 bits per heavy atom. The van der Waals surface area contributed by atoms with Gasteiger partial charge in [0.05, 0.1) is 6.20 Å². The van der Waals surface area contributed by atoms with Crippen molar-refractivity contribution in [3.05, 3.63) is 113 Å². The van der Waals surface area contributed by atoms with Crippen molar-refractivity contribution in [2.45, 2.75) is 48.2 Å². The van der Waals surface area contributed by atoms with Gasteiger partial charge in [-0.05, 0) is 47.0 Å². The molecule has 0 radical (unpaired) electrons. The lowest BCUT2D eigenvalue weighted by Gasteiger charge is -2.28. The van der Waals surface area contributed by atoms with Crippen LogP contribution in [-0.4, -0.2) is 41.5 Å². The molecule has 10 bridgehead atoms. The van der Waals surface area contributed by atoms with E-state index in [2.05, 4.69) is 38.5 Å². The third-order valence-electron chi connectivity index (χ3n) is 10.9. The predicted octanol–water partition coefficient (Wildman–Crippen LogP) is 6.71. The van der Waals surface area contributed by atoms with Crippen LogP contribution in [0.5, 0.6) is 5.75 Å². The SMILES string of the molecule is CC(C)C1NC(=O)[C@@H](NS(=O)(=O)c2cccs2)Cc2ccc3c(c2)C24c5cccc(c5NC2O3)-c2cccc3[nH]cc(c23)-c2cnc(o2)-c2nc1oc24. The number of nitrogens with zero attached hydrogens (tertiary/aromatic N) is 2. The molecule has 264 valence electrons. The number of amides is 1. The fourth-order valence-corrected chi connectivity index (χ4v) is 10.7. The first kappa shape index (κ1) is 30.9. The number of nitrogens with one attached hydrogen (secondary N) is 4. The molecule has 0 aliphatic carbocycles. The van der Waals surface area contributed by atoms with E-state index in [-0.39, 0.29) is 28.3 Å². The topological polar surface area (TPSA) is 164 Å². The zero-order valence-corrected chi connectivity index (χ0v) is 29.9. The summed E-state index contributed by atoms with van der Waals surface area (Å²) < 4.78 is 50.3. The average molecular weight is 743 g/mol.